The topological polar surface area (TPSA) is 105 Å². The fraction of sp³-hybridized carbons (Fsp3) is 0.0455. The van der Waals surface area contributed by atoms with Crippen LogP contribution >= 0.6 is 11.6 Å². The molecule has 0 aliphatic heterocycles. The predicted octanol–water partition coefficient (Wildman–Crippen LogP) is 5.08. The largest absolute Gasteiger partial charge is 0.478 e. The zero-order valence-corrected chi connectivity index (χ0v) is 16.2. The average Bonchev–Trinajstić information content (AvgIpc) is 3.33. The third kappa shape index (κ3) is 3.83. The molecule has 0 saturated heterocycles. The number of aromatic carboxylic acids is 2. The Bertz CT molecular complexity index is 1300. The van der Waals surface area contributed by atoms with Crippen LogP contribution < -0.4 is 0 Å². The Morgan fingerprint density at radius 1 is 1.07 bits per heavy atom. The van der Waals surface area contributed by atoms with Gasteiger partial charge in [-0.25, -0.2) is 9.59 Å². The van der Waals surface area contributed by atoms with Crippen molar-refractivity contribution < 1.29 is 24.2 Å². The number of carbonyl (C=O) groups is 2. The summed E-state index contributed by atoms with van der Waals surface area (Å²) >= 11 is 6.15. The van der Waals surface area contributed by atoms with Crippen LogP contribution in [-0.4, -0.2) is 32.9 Å². The van der Waals surface area contributed by atoms with Crippen LogP contribution in [0.15, 0.2) is 70.2 Å². The van der Waals surface area contributed by atoms with E-state index in [-0.39, 0.29) is 11.3 Å². The standard InChI is InChI=1S/C22H15ClN2O5/c23-17-7-5-13(21(26)27)9-18(17)24-10-14-11-25(19-4-2-1-3-16(14)19)12-15-6-8-20(30-15)22(28)29/h1-11H,12H2,(H,26,27)(H,28,29). The highest BCUT2D eigenvalue weighted by atomic mass is 35.5. The lowest BCUT2D eigenvalue weighted by atomic mass is 10.2. The van der Waals surface area contributed by atoms with Crippen molar-refractivity contribution in [3.63, 3.8) is 0 Å². The maximum atomic E-state index is 11.2. The van der Waals surface area contributed by atoms with E-state index in [0.717, 1.165) is 16.5 Å². The molecule has 0 fully saturated rings. The molecule has 0 aliphatic rings. The van der Waals surface area contributed by atoms with Gasteiger partial charge in [-0.15, -0.1) is 0 Å². The lowest BCUT2D eigenvalue weighted by Gasteiger charge is -2.02. The fourth-order valence-electron chi connectivity index (χ4n) is 3.14. The SMILES string of the molecule is O=C(O)c1ccc(Cl)c(N=Cc2cn(Cc3ccc(C(=O)O)o3)c3ccccc23)c1. The highest BCUT2D eigenvalue weighted by Gasteiger charge is 2.12. The minimum absolute atomic E-state index is 0.0982. The summed E-state index contributed by atoms with van der Waals surface area (Å²) in [6.45, 7) is 0.344. The van der Waals surface area contributed by atoms with Crippen LogP contribution in [-0.2, 0) is 6.54 Å². The van der Waals surface area contributed by atoms with Crippen LogP contribution in [0.5, 0.6) is 0 Å². The molecule has 2 heterocycles. The number of aliphatic imine (C=N–C) groups is 1. The summed E-state index contributed by atoms with van der Waals surface area (Å²) in [5, 5.41) is 19.5. The van der Waals surface area contributed by atoms with Gasteiger partial charge in [0.05, 0.1) is 22.8 Å². The molecule has 0 spiro atoms. The van der Waals surface area contributed by atoms with Crippen LogP contribution in [0.3, 0.4) is 0 Å². The Hall–Kier alpha value is -3.84. The number of rotatable bonds is 6. The Morgan fingerprint density at radius 2 is 1.87 bits per heavy atom. The first-order valence-corrected chi connectivity index (χ1v) is 9.27. The normalized spacial score (nSPS) is 11.4. The minimum atomic E-state index is -1.12. The lowest BCUT2D eigenvalue weighted by Crippen LogP contribution is -1.97. The Kier molecular flexibility index (Phi) is 5.12. The molecule has 2 aromatic heterocycles. The zero-order chi connectivity index (χ0) is 21.3. The van der Waals surface area contributed by atoms with Crippen molar-refractivity contribution in [2.75, 3.05) is 0 Å². The van der Waals surface area contributed by atoms with Gasteiger partial charge < -0.3 is 19.2 Å². The van der Waals surface area contributed by atoms with Crippen LogP contribution in [0.1, 0.15) is 32.2 Å². The van der Waals surface area contributed by atoms with E-state index in [1.54, 1.807) is 12.3 Å². The maximum Gasteiger partial charge on any atom is 0.371 e. The second-order valence-corrected chi connectivity index (χ2v) is 6.94. The number of benzene rings is 2. The summed E-state index contributed by atoms with van der Waals surface area (Å²) in [4.78, 5) is 26.6. The summed E-state index contributed by atoms with van der Waals surface area (Å²) in [5.74, 6) is -1.78. The second-order valence-electron chi connectivity index (χ2n) is 6.53. The molecule has 0 aliphatic carbocycles. The van der Waals surface area contributed by atoms with Crippen molar-refractivity contribution >= 4 is 46.3 Å². The van der Waals surface area contributed by atoms with Gasteiger partial charge in [0.25, 0.3) is 0 Å². The number of carboxylic acids is 2. The summed E-state index contributed by atoms with van der Waals surface area (Å²) in [6.07, 6.45) is 3.49. The molecule has 0 amide bonds. The number of furan rings is 1. The number of aromatic nitrogens is 1. The molecule has 4 rings (SSSR count). The molecule has 2 aromatic carbocycles. The smallest absolute Gasteiger partial charge is 0.371 e. The van der Waals surface area contributed by atoms with E-state index in [1.165, 1.54) is 24.3 Å². The molecule has 4 aromatic rings. The second kappa shape index (κ2) is 7.88. The van der Waals surface area contributed by atoms with Gasteiger partial charge in [-0.2, -0.15) is 0 Å². The molecule has 0 radical (unpaired) electrons. The maximum absolute atomic E-state index is 11.2. The number of fused-ring (bicyclic) bond motifs is 1. The third-order valence-electron chi connectivity index (χ3n) is 4.55. The van der Waals surface area contributed by atoms with Gasteiger partial charge in [-0.1, -0.05) is 29.8 Å². The zero-order valence-electron chi connectivity index (χ0n) is 15.4. The van der Waals surface area contributed by atoms with Crippen LogP contribution in [0.25, 0.3) is 10.9 Å². The van der Waals surface area contributed by atoms with Gasteiger partial charge in [0.2, 0.25) is 5.76 Å². The van der Waals surface area contributed by atoms with Gasteiger partial charge in [-0.05, 0) is 36.4 Å². The Labute approximate surface area is 175 Å². The van der Waals surface area contributed by atoms with Crippen molar-refractivity contribution in [2.24, 2.45) is 4.99 Å². The fourth-order valence-corrected chi connectivity index (χ4v) is 3.30. The average molecular weight is 423 g/mol. The number of hydrogen-bond donors (Lipinski definition) is 2. The van der Waals surface area contributed by atoms with E-state index < -0.39 is 11.9 Å². The van der Waals surface area contributed by atoms with Crippen LogP contribution in [0, 0.1) is 0 Å². The quantitative estimate of drug-likeness (QED) is 0.421. The molecule has 2 N–H and O–H groups in total. The minimum Gasteiger partial charge on any atom is -0.478 e. The molecule has 8 heteroatoms. The lowest BCUT2D eigenvalue weighted by molar-refractivity contribution is 0.0657. The molecule has 0 saturated carbocycles. The Morgan fingerprint density at radius 3 is 2.60 bits per heavy atom. The summed E-state index contributed by atoms with van der Waals surface area (Å²) < 4.78 is 7.29. The van der Waals surface area contributed by atoms with Crippen molar-refractivity contribution in [3.8, 4) is 0 Å². The monoisotopic (exact) mass is 422 g/mol. The Balaban J connectivity index is 1.70. The van der Waals surface area contributed by atoms with E-state index in [9.17, 15) is 9.59 Å². The van der Waals surface area contributed by atoms with E-state index >= 15 is 0 Å². The molecule has 7 nitrogen and oxygen atoms in total. The first-order valence-electron chi connectivity index (χ1n) is 8.89. The van der Waals surface area contributed by atoms with Crippen molar-refractivity contribution in [2.45, 2.75) is 6.54 Å². The number of nitrogens with zero attached hydrogens (tertiary/aromatic N) is 2. The molecule has 0 bridgehead atoms. The highest BCUT2D eigenvalue weighted by molar-refractivity contribution is 6.33. The van der Waals surface area contributed by atoms with E-state index in [2.05, 4.69) is 4.99 Å². The van der Waals surface area contributed by atoms with E-state index in [1.807, 2.05) is 35.0 Å². The van der Waals surface area contributed by atoms with Gasteiger partial charge in [0, 0.05) is 28.9 Å². The van der Waals surface area contributed by atoms with Crippen molar-refractivity contribution in [1.82, 2.24) is 4.57 Å². The first-order chi connectivity index (χ1) is 14.4. The summed E-state index contributed by atoms with van der Waals surface area (Å²) in [5.41, 5.74) is 2.16. The van der Waals surface area contributed by atoms with E-state index in [0.29, 0.717) is 23.0 Å². The first kappa shape index (κ1) is 19.5. The molecule has 30 heavy (non-hydrogen) atoms. The van der Waals surface area contributed by atoms with Gasteiger partial charge >= 0.3 is 11.9 Å². The number of halogens is 1. The van der Waals surface area contributed by atoms with Crippen molar-refractivity contribution in [3.05, 3.63) is 88.5 Å². The van der Waals surface area contributed by atoms with Gasteiger partial charge in [-0.3, -0.25) is 4.99 Å². The number of para-hydroxylation sites is 1. The third-order valence-corrected chi connectivity index (χ3v) is 4.87. The van der Waals surface area contributed by atoms with Crippen LogP contribution in [0.2, 0.25) is 5.02 Å². The molecule has 0 unspecified atom stereocenters. The molecular weight excluding hydrogens is 408 g/mol. The summed E-state index contributed by atoms with van der Waals surface area (Å²) in [6, 6.07) is 15.1. The van der Waals surface area contributed by atoms with Gasteiger partial charge in [0.15, 0.2) is 0 Å². The highest BCUT2D eigenvalue weighted by Crippen LogP contribution is 2.27. The van der Waals surface area contributed by atoms with Crippen molar-refractivity contribution in [1.29, 1.82) is 0 Å². The van der Waals surface area contributed by atoms with Crippen LogP contribution in [0.4, 0.5) is 5.69 Å². The molecule has 0 atom stereocenters. The molecule has 150 valence electrons. The number of carboxylic acid groups (broad SMARTS) is 2. The van der Waals surface area contributed by atoms with E-state index in [4.69, 9.17) is 26.2 Å². The predicted molar refractivity (Wildman–Crippen MR) is 112 cm³/mol. The van der Waals surface area contributed by atoms with Gasteiger partial charge in [0.1, 0.15) is 5.76 Å². The molecular formula is C22H15ClN2O5. The number of hydrogen-bond acceptors (Lipinski definition) is 4. The summed E-state index contributed by atoms with van der Waals surface area (Å²) in [7, 11) is 0.